The van der Waals surface area contributed by atoms with Crippen LogP contribution in [0.2, 0.25) is 0 Å². The number of halogens is 8. The van der Waals surface area contributed by atoms with Gasteiger partial charge in [-0.25, -0.2) is 48.2 Å². The highest BCUT2D eigenvalue weighted by Gasteiger charge is 2.46. The van der Waals surface area contributed by atoms with Crippen molar-refractivity contribution in [1.82, 2.24) is 29.9 Å². The number of carbonyl (C=O) groups is 1. The molecule has 0 spiro atoms. The van der Waals surface area contributed by atoms with Crippen LogP contribution in [0.1, 0.15) is 85.0 Å². The van der Waals surface area contributed by atoms with E-state index in [9.17, 15) is 48.0 Å². The SMILES string of the molecule is Cc1ccc(-c2ccc(C#CC(C)(C)S(C)(=O)=O)nc2[C@H](Cc2cc(F)cc(F)c2)NC(=O)Cn2nc(C(F)F)c3c2C(F)(F)CC3)c2c1c(NS(=O)(=O)C1CC1)nn2CC(F)F. The van der Waals surface area contributed by atoms with Crippen molar-refractivity contribution in [3.8, 4) is 23.0 Å². The first-order chi connectivity index (χ1) is 29.3. The number of amides is 1. The molecule has 2 N–H and O–H groups in total. The molecule has 22 heteroatoms. The third-order valence-corrected chi connectivity index (χ3v) is 14.7. The fraction of sp³-hybridized carbons (Fsp3) is 0.415. The van der Waals surface area contributed by atoms with Gasteiger partial charge >= 0.3 is 0 Å². The summed E-state index contributed by atoms with van der Waals surface area (Å²) in [5.74, 6) is -1.67. The second kappa shape index (κ2) is 16.5. The molecule has 2 aromatic carbocycles. The van der Waals surface area contributed by atoms with Gasteiger partial charge in [0, 0.05) is 40.8 Å². The number of benzene rings is 2. The maximum absolute atomic E-state index is 15.1. The van der Waals surface area contributed by atoms with Crippen molar-refractivity contribution < 1.29 is 56.8 Å². The van der Waals surface area contributed by atoms with Gasteiger partial charge in [0.05, 0.1) is 22.5 Å². The number of sulfonamides is 1. The first-order valence-electron chi connectivity index (χ1n) is 19.4. The lowest BCUT2D eigenvalue weighted by Crippen LogP contribution is -2.35. The molecule has 63 heavy (non-hydrogen) atoms. The summed E-state index contributed by atoms with van der Waals surface area (Å²) in [6, 6.07) is 6.74. The van der Waals surface area contributed by atoms with E-state index in [-0.39, 0.29) is 44.8 Å². The summed E-state index contributed by atoms with van der Waals surface area (Å²) in [5, 5.41) is 9.90. The van der Waals surface area contributed by atoms with Crippen LogP contribution >= 0.6 is 0 Å². The van der Waals surface area contributed by atoms with E-state index in [4.69, 9.17) is 0 Å². The molecule has 1 fully saturated rings. The van der Waals surface area contributed by atoms with E-state index in [1.807, 2.05) is 0 Å². The number of sulfone groups is 1. The summed E-state index contributed by atoms with van der Waals surface area (Å²) in [4.78, 5) is 18.7. The Hall–Kier alpha value is -5.56. The molecule has 1 atom stereocenters. The van der Waals surface area contributed by atoms with Crippen LogP contribution in [-0.2, 0) is 56.5 Å². The Bertz CT molecular complexity index is 2920. The van der Waals surface area contributed by atoms with E-state index in [2.05, 4.69) is 37.1 Å². The van der Waals surface area contributed by atoms with Crippen LogP contribution in [0.3, 0.4) is 0 Å². The van der Waals surface area contributed by atoms with E-state index in [1.165, 1.54) is 32.0 Å². The predicted octanol–water partition coefficient (Wildman–Crippen LogP) is 7.30. The molecule has 2 aliphatic carbocycles. The summed E-state index contributed by atoms with van der Waals surface area (Å²) >= 11 is 0. The van der Waals surface area contributed by atoms with Crippen molar-refractivity contribution >= 4 is 42.5 Å². The van der Waals surface area contributed by atoms with Gasteiger partial charge in [-0.05, 0) is 87.8 Å². The second-order valence-electron chi connectivity index (χ2n) is 16.1. The molecule has 7 rings (SSSR count). The van der Waals surface area contributed by atoms with Crippen molar-refractivity contribution in [2.24, 2.45) is 0 Å². The molecule has 336 valence electrons. The third kappa shape index (κ3) is 9.39. The molecular weight excluding hydrogens is 887 g/mol. The molecule has 0 aliphatic heterocycles. The van der Waals surface area contributed by atoms with E-state index < -0.39 is 122 Å². The zero-order valence-electron chi connectivity index (χ0n) is 33.9. The first-order valence-corrected chi connectivity index (χ1v) is 22.8. The van der Waals surface area contributed by atoms with Crippen molar-refractivity contribution in [2.45, 2.75) is 101 Å². The average Bonchev–Trinajstić information content (AvgIpc) is 3.80. The van der Waals surface area contributed by atoms with E-state index in [0.29, 0.717) is 29.2 Å². The van der Waals surface area contributed by atoms with Crippen LogP contribution in [-0.4, -0.2) is 70.0 Å². The number of hydrogen-bond acceptors (Lipinski definition) is 8. The Morgan fingerprint density at radius 1 is 0.952 bits per heavy atom. The minimum Gasteiger partial charge on any atom is -0.346 e. The fourth-order valence-electron chi connectivity index (χ4n) is 7.39. The number of pyridine rings is 1. The topological polar surface area (TPSA) is 158 Å². The zero-order chi connectivity index (χ0) is 46.0. The van der Waals surface area contributed by atoms with Crippen LogP contribution in [0, 0.1) is 30.4 Å². The van der Waals surface area contributed by atoms with Crippen molar-refractivity contribution in [3.63, 3.8) is 0 Å². The minimum atomic E-state index is -3.98. The number of alkyl halides is 6. The Morgan fingerprint density at radius 3 is 2.24 bits per heavy atom. The summed E-state index contributed by atoms with van der Waals surface area (Å²) in [6.45, 7) is 2.21. The molecule has 12 nitrogen and oxygen atoms in total. The molecule has 1 saturated carbocycles. The standard InChI is InChI=1S/C41H39F8N7O5S2/c1-21-5-9-28(36-33(21)39(53-55(36)19-31(44)45)54-63(60,61)26-7-8-26)27-10-6-25(11-13-40(2,3)62(4,58)59)50-34(27)30(17-22-15-23(42)18-24(43)16-22)51-32(57)20-56-37-29(12-14-41(37,48)49)35(52-56)38(46)47/h5-6,9-10,15-16,18,26,30-31,38H,7-8,12,14,17,19-20H2,1-4H3,(H,51,57)(H,53,54)/t30-/m0/s1. The molecule has 1 amide bonds. The number of fused-ring (bicyclic) bond motifs is 2. The molecular formula is C41H39F8N7O5S2. The minimum absolute atomic E-state index is 0.0142. The van der Waals surface area contributed by atoms with Crippen LogP contribution < -0.4 is 10.0 Å². The third-order valence-electron chi connectivity index (χ3n) is 10.9. The molecule has 3 heterocycles. The highest BCUT2D eigenvalue weighted by atomic mass is 32.2. The maximum atomic E-state index is 15.1. The zero-order valence-corrected chi connectivity index (χ0v) is 35.6. The fourth-order valence-corrected chi connectivity index (χ4v) is 8.97. The van der Waals surface area contributed by atoms with Crippen LogP contribution in [0.25, 0.3) is 22.0 Å². The average molecular weight is 926 g/mol. The van der Waals surface area contributed by atoms with Crippen molar-refractivity contribution in [3.05, 3.63) is 93.6 Å². The lowest BCUT2D eigenvalue weighted by Gasteiger charge is -2.23. The quantitative estimate of drug-likeness (QED) is 0.0868. The number of nitrogens with zero attached hydrogens (tertiary/aromatic N) is 5. The van der Waals surface area contributed by atoms with Gasteiger partial charge in [0.15, 0.2) is 15.7 Å². The molecule has 0 unspecified atom stereocenters. The number of rotatable bonds is 14. The van der Waals surface area contributed by atoms with Gasteiger partial charge in [-0.2, -0.15) is 19.0 Å². The molecule has 2 aliphatic rings. The van der Waals surface area contributed by atoms with Crippen LogP contribution in [0.4, 0.5) is 40.9 Å². The number of hydrogen-bond donors (Lipinski definition) is 2. The number of aromatic nitrogens is 5. The Morgan fingerprint density at radius 2 is 1.62 bits per heavy atom. The van der Waals surface area contributed by atoms with E-state index in [1.54, 1.807) is 13.0 Å². The number of aryl methyl sites for hydroxylation is 1. The van der Waals surface area contributed by atoms with Gasteiger partial charge in [0.25, 0.3) is 18.8 Å². The predicted molar refractivity (Wildman–Crippen MR) is 215 cm³/mol. The van der Waals surface area contributed by atoms with E-state index >= 15 is 8.78 Å². The molecule has 0 bridgehead atoms. The molecule has 5 aromatic rings. The number of anilines is 1. The second-order valence-corrected chi connectivity index (χ2v) is 20.6. The van der Waals surface area contributed by atoms with Gasteiger partial charge in [0.2, 0.25) is 15.9 Å². The molecule has 3 aromatic heterocycles. The highest BCUT2D eigenvalue weighted by Crippen LogP contribution is 2.45. The van der Waals surface area contributed by atoms with E-state index in [0.717, 1.165) is 23.1 Å². The monoisotopic (exact) mass is 925 g/mol. The number of carbonyl (C=O) groups excluding carboxylic acids is 1. The van der Waals surface area contributed by atoms with Gasteiger partial charge < -0.3 is 5.32 Å². The largest absolute Gasteiger partial charge is 0.346 e. The molecule has 0 radical (unpaired) electrons. The van der Waals surface area contributed by atoms with Crippen molar-refractivity contribution in [1.29, 1.82) is 0 Å². The normalized spacial score (nSPS) is 15.7. The molecule has 0 saturated heterocycles. The Kier molecular flexibility index (Phi) is 11.9. The van der Waals surface area contributed by atoms with Gasteiger partial charge in [-0.3, -0.25) is 18.9 Å². The van der Waals surface area contributed by atoms with Crippen molar-refractivity contribution in [2.75, 3.05) is 11.0 Å². The summed E-state index contributed by atoms with van der Waals surface area (Å²) < 4.78 is 169. The smallest absolute Gasteiger partial charge is 0.290 e. The van der Waals surface area contributed by atoms with Crippen LogP contribution in [0.5, 0.6) is 0 Å². The highest BCUT2D eigenvalue weighted by molar-refractivity contribution is 7.93. The lowest BCUT2D eigenvalue weighted by atomic mass is 9.93. The summed E-state index contributed by atoms with van der Waals surface area (Å²) in [6.07, 6.45) is -6.24. The summed E-state index contributed by atoms with van der Waals surface area (Å²) in [7, 11) is -7.76. The Labute approximate surface area is 356 Å². The maximum Gasteiger partial charge on any atom is 0.290 e. The first kappa shape index (κ1) is 45.5. The Balaban J connectivity index is 1.44. The number of nitrogens with one attached hydrogen (secondary N) is 2. The lowest BCUT2D eigenvalue weighted by molar-refractivity contribution is -0.122. The van der Waals surface area contributed by atoms with Gasteiger partial charge in [0.1, 0.15) is 46.6 Å². The van der Waals surface area contributed by atoms with Crippen LogP contribution in [0.15, 0.2) is 42.5 Å². The van der Waals surface area contributed by atoms with Gasteiger partial charge in [-0.1, -0.05) is 18.1 Å². The summed E-state index contributed by atoms with van der Waals surface area (Å²) in [5.41, 5.74) is -2.00. The van der Waals surface area contributed by atoms with Gasteiger partial charge in [-0.15, -0.1) is 0 Å².